The molecule has 3 aromatic carbocycles. The van der Waals surface area contributed by atoms with E-state index < -0.39 is 26.2 Å². The maximum atomic E-state index is 9.65. The minimum atomic E-state index is -1.83. The summed E-state index contributed by atoms with van der Waals surface area (Å²) < 4.78 is 4.55. The molecule has 0 fully saturated rings. The molecule has 0 atom stereocenters. The molecule has 0 spiro atoms. The third kappa shape index (κ3) is 6.21. The molecule has 0 amide bonds. The van der Waals surface area contributed by atoms with E-state index in [4.69, 9.17) is 28.3 Å². The van der Waals surface area contributed by atoms with Gasteiger partial charge < -0.3 is 5.11 Å². The topological polar surface area (TPSA) is 37.3 Å². The number of carbonyl (C=O) groups is 1. The van der Waals surface area contributed by atoms with Crippen molar-refractivity contribution in [2.45, 2.75) is 0 Å². The van der Waals surface area contributed by atoms with Gasteiger partial charge >= 0.3 is 128 Å². The number of hydrogen-bond donors (Lipinski definition) is 1. The van der Waals surface area contributed by atoms with Crippen molar-refractivity contribution in [2.75, 3.05) is 0 Å². The van der Waals surface area contributed by atoms with Crippen LogP contribution in [0.3, 0.4) is 0 Å². The van der Waals surface area contributed by atoms with Gasteiger partial charge in [0.1, 0.15) is 5.03 Å². The van der Waals surface area contributed by atoms with E-state index in [1.807, 2.05) is 0 Å². The van der Waals surface area contributed by atoms with Crippen LogP contribution >= 0.6 is 23.2 Å². The Bertz CT molecular complexity index is 744. The Balaban J connectivity index is 0.000000298. The molecule has 0 aromatic heterocycles. The van der Waals surface area contributed by atoms with Crippen molar-refractivity contribution in [2.24, 2.45) is 0 Å². The summed E-state index contributed by atoms with van der Waals surface area (Å²) in [4.78, 5) is 9.65. The molecule has 0 saturated carbocycles. The second-order valence-electron chi connectivity index (χ2n) is 5.10. The van der Waals surface area contributed by atoms with Crippen LogP contribution in [-0.4, -0.2) is 31.3 Å². The second kappa shape index (κ2) is 11.1. The fourth-order valence-corrected chi connectivity index (χ4v) is 8.90. The van der Waals surface area contributed by atoms with Gasteiger partial charge in [0.15, 0.2) is 0 Å². The maximum absolute atomic E-state index is 9.65. The summed E-state index contributed by atoms with van der Waals surface area (Å²) in [6.07, 6.45) is 0. The molecule has 0 aliphatic carbocycles. The molecule has 0 aliphatic heterocycles. The van der Waals surface area contributed by atoms with Crippen LogP contribution < -0.4 is 10.5 Å². The molecule has 0 saturated heterocycles. The Hall–Kier alpha value is -1.73. The Labute approximate surface area is 170 Å². The van der Waals surface area contributed by atoms with Crippen LogP contribution in [-0.2, 0) is 4.79 Å². The second-order valence-corrected chi connectivity index (χ2v) is 12.1. The van der Waals surface area contributed by atoms with Gasteiger partial charge in [0.05, 0.1) is 0 Å². The Morgan fingerprint density at radius 1 is 0.731 bits per heavy atom. The van der Waals surface area contributed by atoms with Crippen LogP contribution in [0.15, 0.2) is 102 Å². The number of rotatable bonds is 4. The van der Waals surface area contributed by atoms with Crippen LogP contribution in [0.4, 0.5) is 0 Å². The molecule has 132 valence electrons. The van der Waals surface area contributed by atoms with Gasteiger partial charge in [-0.25, -0.2) is 4.79 Å². The molecule has 3 aromatic rings. The van der Waals surface area contributed by atoms with Crippen molar-refractivity contribution in [3.8, 4) is 0 Å². The molecule has 0 aliphatic rings. The number of halogens is 2. The van der Waals surface area contributed by atoms with Gasteiger partial charge in [-0.3, -0.25) is 0 Å². The first-order valence-corrected chi connectivity index (χ1v) is 12.4. The average molecular weight is 494 g/mol. The fraction of sp³-hybridized carbons (Fsp3) is 0. The van der Waals surface area contributed by atoms with E-state index >= 15 is 0 Å². The van der Waals surface area contributed by atoms with Crippen molar-refractivity contribution in [1.29, 1.82) is 0 Å². The number of carboxylic acid groups (broad SMARTS) is 1. The predicted octanol–water partition coefficient (Wildman–Crippen LogP) is 3.59. The summed E-state index contributed by atoms with van der Waals surface area (Å²) in [7, 11) is 0. The summed E-state index contributed by atoms with van der Waals surface area (Å²) in [5.41, 5.74) is 0.796. The third-order valence-electron chi connectivity index (χ3n) is 3.34. The summed E-state index contributed by atoms with van der Waals surface area (Å²) in [6.45, 7) is 0. The van der Waals surface area contributed by atoms with Gasteiger partial charge in [-0.1, -0.05) is 23.2 Å². The van der Waals surface area contributed by atoms with Crippen LogP contribution in [0.5, 0.6) is 0 Å². The molecule has 2 nitrogen and oxygen atoms in total. The normalized spacial score (nSPS) is 10.8. The SMILES string of the molecule is O=C(O)/C(Cl)=C/Cl.c1cc[c]([Sb]([c]2ccccc2)[c]2ccccc2)cc1. The van der Waals surface area contributed by atoms with Gasteiger partial charge in [0, 0.05) is 5.54 Å². The predicted molar refractivity (Wildman–Crippen MR) is 111 cm³/mol. The standard InChI is InChI=1S/3C6H5.C3H2Cl2O2.Sb/c3*1-2-4-6-5-3-1;4-1-2(5)3(6)7;/h3*1-5H;1H,(H,6,7);/b;;;2-1-;. The third-order valence-corrected chi connectivity index (χ3v) is 10.9. The van der Waals surface area contributed by atoms with E-state index in [0.717, 1.165) is 5.54 Å². The summed E-state index contributed by atoms with van der Waals surface area (Å²) in [5, 5.41) is 7.52. The molecule has 1 N–H and O–H groups in total. The molecule has 0 heterocycles. The quantitative estimate of drug-likeness (QED) is 0.445. The van der Waals surface area contributed by atoms with Gasteiger partial charge in [-0.2, -0.15) is 0 Å². The molecule has 0 bridgehead atoms. The number of aliphatic carboxylic acids is 1. The summed E-state index contributed by atoms with van der Waals surface area (Å²) in [6, 6.07) is 32.9. The first-order valence-electron chi connectivity index (χ1n) is 7.78. The van der Waals surface area contributed by atoms with Gasteiger partial charge in [0.25, 0.3) is 0 Å². The monoisotopic (exact) mass is 492 g/mol. The zero-order chi connectivity index (χ0) is 18.8. The van der Waals surface area contributed by atoms with Crippen molar-refractivity contribution in [3.63, 3.8) is 0 Å². The van der Waals surface area contributed by atoms with Crippen molar-refractivity contribution in [3.05, 3.63) is 102 Å². The van der Waals surface area contributed by atoms with E-state index in [1.165, 1.54) is 10.5 Å². The Kier molecular flexibility index (Phi) is 8.77. The van der Waals surface area contributed by atoms with E-state index in [9.17, 15) is 4.79 Å². The van der Waals surface area contributed by atoms with Crippen LogP contribution in [0.1, 0.15) is 0 Å². The molecule has 26 heavy (non-hydrogen) atoms. The van der Waals surface area contributed by atoms with Crippen molar-refractivity contribution in [1.82, 2.24) is 0 Å². The van der Waals surface area contributed by atoms with Crippen LogP contribution in [0.2, 0.25) is 0 Å². The van der Waals surface area contributed by atoms with Crippen LogP contribution in [0.25, 0.3) is 0 Å². The Morgan fingerprint density at radius 2 is 1.04 bits per heavy atom. The molecular weight excluding hydrogens is 477 g/mol. The summed E-state index contributed by atoms with van der Waals surface area (Å²) in [5.74, 6) is -1.21. The van der Waals surface area contributed by atoms with Gasteiger partial charge in [-0.15, -0.1) is 0 Å². The van der Waals surface area contributed by atoms with Crippen molar-refractivity contribution < 1.29 is 9.90 Å². The van der Waals surface area contributed by atoms with E-state index in [0.29, 0.717) is 0 Å². The number of carboxylic acids is 1. The number of benzene rings is 3. The average Bonchev–Trinajstić information content (AvgIpc) is 2.70. The van der Waals surface area contributed by atoms with E-state index in [2.05, 4.69) is 91.0 Å². The van der Waals surface area contributed by atoms with Gasteiger partial charge in [-0.05, 0) is 0 Å². The minimum absolute atomic E-state index is 0.373. The molecule has 0 unspecified atom stereocenters. The van der Waals surface area contributed by atoms with Crippen molar-refractivity contribution >= 4 is 59.9 Å². The molecule has 5 heteroatoms. The molecule has 3 rings (SSSR count). The first kappa shape index (κ1) is 20.6. The zero-order valence-corrected chi connectivity index (χ0v) is 17.9. The van der Waals surface area contributed by atoms with Gasteiger partial charge in [0.2, 0.25) is 0 Å². The first-order chi connectivity index (χ1) is 12.6. The van der Waals surface area contributed by atoms with E-state index in [1.54, 1.807) is 0 Å². The van der Waals surface area contributed by atoms with E-state index in [-0.39, 0.29) is 5.03 Å². The zero-order valence-electron chi connectivity index (χ0n) is 13.8. The molecule has 0 radical (unpaired) electrons. The Morgan fingerprint density at radius 3 is 1.23 bits per heavy atom. The number of hydrogen-bond acceptors (Lipinski definition) is 1. The summed E-state index contributed by atoms with van der Waals surface area (Å²) >= 11 is 7.98. The fourth-order valence-electron chi connectivity index (χ4n) is 2.23. The van der Waals surface area contributed by atoms with Crippen LogP contribution in [0, 0.1) is 0 Å². The molecular formula is C21H17Cl2O2Sb.